The molecule has 1 atom stereocenters. The number of urea groups is 1. The summed E-state index contributed by atoms with van der Waals surface area (Å²) in [7, 11) is 0. The summed E-state index contributed by atoms with van der Waals surface area (Å²) >= 11 is 0. The Morgan fingerprint density at radius 2 is 2.29 bits per heavy atom. The topological polar surface area (TPSA) is 75.4 Å². The molecule has 80 valence electrons. The van der Waals surface area contributed by atoms with E-state index < -0.39 is 18.1 Å². The molecule has 3 amide bonds. The third-order valence-corrected chi connectivity index (χ3v) is 2.08. The van der Waals surface area contributed by atoms with Crippen LogP contribution in [0.25, 0.3) is 0 Å². The zero-order chi connectivity index (χ0) is 10.6. The number of nitrogens with two attached hydrogens (primary N) is 1. The van der Waals surface area contributed by atoms with Crippen LogP contribution in [0.5, 0.6) is 0 Å². The van der Waals surface area contributed by atoms with E-state index in [1.807, 2.05) is 5.32 Å². The molecular weight excluding hydrogens is 189 g/mol. The summed E-state index contributed by atoms with van der Waals surface area (Å²) in [6.07, 6.45) is 0.420. The quantitative estimate of drug-likeness (QED) is 0.642. The molecule has 1 unspecified atom stereocenters. The van der Waals surface area contributed by atoms with Crippen molar-refractivity contribution in [1.29, 1.82) is 0 Å². The number of hydrogen-bond acceptors (Lipinski definition) is 3. The van der Waals surface area contributed by atoms with Crippen molar-refractivity contribution in [3.63, 3.8) is 0 Å². The van der Waals surface area contributed by atoms with Gasteiger partial charge in [-0.25, -0.2) is 9.18 Å². The SMILES string of the molecule is NC(=O)NC(=O)CN1CCCC(F)C1. The highest BCUT2D eigenvalue weighted by atomic mass is 19.1. The van der Waals surface area contributed by atoms with E-state index in [0.717, 1.165) is 6.42 Å². The van der Waals surface area contributed by atoms with Gasteiger partial charge in [0.2, 0.25) is 5.91 Å². The molecule has 1 fully saturated rings. The Morgan fingerprint density at radius 3 is 2.86 bits per heavy atom. The Kier molecular flexibility index (Phi) is 3.82. The molecule has 6 heteroatoms. The summed E-state index contributed by atoms with van der Waals surface area (Å²) in [6, 6.07) is -0.871. The molecule has 1 rings (SSSR count). The summed E-state index contributed by atoms with van der Waals surface area (Å²) in [6.45, 7) is 0.974. The van der Waals surface area contributed by atoms with Crippen LogP contribution in [0, 0.1) is 0 Å². The summed E-state index contributed by atoms with van der Waals surface area (Å²) in [5.41, 5.74) is 4.76. The maximum Gasteiger partial charge on any atom is 0.318 e. The maximum atomic E-state index is 12.9. The van der Waals surface area contributed by atoms with E-state index in [0.29, 0.717) is 13.0 Å². The minimum atomic E-state index is -0.871. The Morgan fingerprint density at radius 1 is 1.57 bits per heavy atom. The average molecular weight is 203 g/mol. The maximum absolute atomic E-state index is 12.9. The number of nitrogens with one attached hydrogen (secondary N) is 1. The van der Waals surface area contributed by atoms with Crippen molar-refractivity contribution in [2.24, 2.45) is 5.73 Å². The van der Waals surface area contributed by atoms with Crippen LogP contribution in [0.1, 0.15) is 12.8 Å². The lowest BCUT2D eigenvalue weighted by Crippen LogP contribution is -2.45. The first-order valence-electron chi connectivity index (χ1n) is 4.53. The van der Waals surface area contributed by atoms with E-state index in [-0.39, 0.29) is 13.1 Å². The van der Waals surface area contributed by atoms with Crippen LogP contribution in [0.3, 0.4) is 0 Å². The number of carbonyl (C=O) groups is 2. The number of alkyl halides is 1. The molecule has 0 aliphatic carbocycles. The van der Waals surface area contributed by atoms with Gasteiger partial charge in [-0.05, 0) is 19.4 Å². The van der Waals surface area contributed by atoms with Gasteiger partial charge in [0.1, 0.15) is 6.17 Å². The first kappa shape index (κ1) is 10.9. The zero-order valence-corrected chi connectivity index (χ0v) is 7.83. The van der Waals surface area contributed by atoms with Crippen LogP contribution in [-0.4, -0.2) is 42.6 Å². The number of nitrogens with zero attached hydrogens (tertiary/aromatic N) is 1. The molecule has 5 nitrogen and oxygen atoms in total. The molecule has 0 aromatic rings. The van der Waals surface area contributed by atoms with Gasteiger partial charge in [0.15, 0.2) is 0 Å². The van der Waals surface area contributed by atoms with Gasteiger partial charge in [-0.15, -0.1) is 0 Å². The Labute approximate surface area is 81.4 Å². The normalized spacial score (nSPS) is 23.1. The average Bonchev–Trinajstić information content (AvgIpc) is 2.01. The standard InChI is InChI=1S/C8H14FN3O2/c9-6-2-1-3-12(4-6)5-7(13)11-8(10)14/h6H,1-5H2,(H3,10,11,13,14). The first-order valence-corrected chi connectivity index (χ1v) is 4.53. The van der Waals surface area contributed by atoms with Gasteiger partial charge in [-0.2, -0.15) is 0 Å². The van der Waals surface area contributed by atoms with Gasteiger partial charge in [0.05, 0.1) is 6.54 Å². The van der Waals surface area contributed by atoms with E-state index in [2.05, 4.69) is 0 Å². The highest BCUT2D eigenvalue weighted by Gasteiger charge is 2.20. The summed E-state index contributed by atoms with van der Waals surface area (Å²) < 4.78 is 12.9. The molecule has 14 heavy (non-hydrogen) atoms. The van der Waals surface area contributed by atoms with Crippen LogP contribution in [0.4, 0.5) is 9.18 Å². The van der Waals surface area contributed by atoms with Gasteiger partial charge in [0, 0.05) is 6.54 Å². The minimum Gasteiger partial charge on any atom is -0.351 e. The largest absolute Gasteiger partial charge is 0.351 e. The highest BCUT2D eigenvalue weighted by Crippen LogP contribution is 2.11. The highest BCUT2D eigenvalue weighted by molar-refractivity contribution is 5.94. The van der Waals surface area contributed by atoms with Crippen molar-refractivity contribution in [2.45, 2.75) is 19.0 Å². The Bertz CT molecular complexity index is 235. The second-order valence-corrected chi connectivity index (χ2v) is 3.39. The van der Waals surface area contributed by atoms with E-state index >= 15 is 0 Å². The Balaban J connectivity index is 2.28. The van der Waals surface area contributed by atoms with Crippen molar-refractivity contribution in [2.75, 3.05) is 19.6 Å². The van der Waals surface area contributed by atoms with E-state index in [1.165, 1.54) is 0 Å². The van der Waals surface area contributed by atoms with E-state index in [4.69, 9.17) is 5.73 Å². The molecule has 1 saturated heterocycles. The molecule has 0 radical (unpaired) electrons. The van der Waals surface area contributed by atoms with Crippen LogP contribution >= 0.6 is 0 Å². The number of piperidine rings is 1. The number of hydrogen-bond donors (Lipinski definition) is 2. The molecule has 0 spiro atoms. The molecule has 1 aliphatic rings. The zero-order valence-electron chi connectivity index (χ0n) is 7.83. The number of imide groups is 1. The molecule has 1 aliphatic heterocycles. The van der Waals surface area contributed by atoms with Crippen LogP contribution < -0.4 is 11.1 Å². The molecule has 0 aromatic heterocycles. The second kappa shape index (κ2) is 4.90. The second-order valence-electron chi connectivity index (χ2n) is 3.39. The minimum absolute atomic E-state index is 0.0311. The summed E-state index contributed by atoms with van der Waals surface area (Å²) in [5.74, 6) is -0.480. The molecule has 3 N–H and O–H groups in total. The van der Waals surface area contributed by atoms with Crippen LogP contribution in [0.2, 0.25) is 0 Å². The van der Waals surface area contributed by atoms with Crippen molar-refractivity contribution in [3.8, 4) is 0 Å². The molecular formula is C8H14FN3O2. The van der Waals surface area contributed by atoms with E-state index in [1.54, 1.807) is 4.90 Å². The number of amides is 3. The molecule has 0 aromatic carbocycles. The van der Waals surface area contributed by atoms with Gasteiger partial charge < -0.3 is 5.73 Å². The van der Waals surface area contributed by atoms with Crippen molar-refractivity contribution in [1.82, 2.24) is 10.2 Å². The number of halogens is 1. The molecule has 0 saturated carbocycles. The molecule has 0 bridgehead atoms. The monoisotopic (exact) mass is 203 g/mol. The fourth-order valence-electron chi connectivity index (χ4n) is 1.52. The van der Waals surface area contributed by atoms with Gasteiger partial charge in [0.25, 0.3) is 0 Å². The third kappa shape index (κ3) is 3.69. The van der Waals surface area contributed by atoms with Crippen LogP contribution in [0.15, 0.2) is 0 Å². The summed E-state index contributed by atoms with van der Waals surface area (Å²) in [4.78, 5) is 23.0. The molecule has 1 heterocycles. The van der Waals surface area contributed by atoms with Crippen molar-refractivity contribution < 1.29 is 14.0 Å². The number of carbonyl (C=O) groups excluding carboxylic acids is 2. The lowest BCUT2D eigenvalue weighted by molar-refractivity contribution is -0.121. The van der Waals surface area contributed by atoms with Gasteiger partial charge in [-0.1, -0.05) is 0 Å². The van der Waals surface area contributed by atoms with Crippen LogP contribution in [-0.2, 0) is 4.79 Å². The summed E-state index contributed by atoms with van der Waals surface area (Å²) in [5, 5.41) is 1.94. The fraction of sp³-hybridized carbons (Fsp3) is 0.750. The fourth-order valence-corrected chi connectivity index (χ4v) is 1.52. The van der Waals surface area contributed by atoms with Gasteiger partial charge in [-0.3, -0.25) is 15.0 Å². The predicted molar refractivity (Wildman–Crippen MR) is 48.3 cm³/mol. The van der Waals surface area contributed by atoms with Crippen molar-refractivity contribution in [3.05, 3.63) is 0 Å². The van der Waals surface area contributed by atoms with E-state index in [9.17, 15) is 14.0 Å². The smallest absolute Gasteiger partial charge is 0.318 e. The number of primary amides is 1. The Hall–Kier alpha value is -1.17. The first-order chi connectivity index (χ1) is 6.58. The lowest BCUT2D eigenvalue weighted by Gasteiger charge is -2.27. The lowest BCUT2D eigenvalue weighted by atomic mass is 10.1. The van der Waals surface area contributed by atoms with Crippen molar-refractivity contribution >= 4 is 11.9 Å². The number of rotatable bonds is 2. The number of likely N-dealkylation sites (tertiary alicyclic amines) is 1. The van der Waals surface area contributed by atoms with Gasteiger partial charge >= 0.3 is 6.03 Å². The predicted octanol–water partition coefficient (Wildman–Crippen LogP) is -0.385. The third-order valence-electron chi connectivity index (χ3n) is 2.08.